The zero-order valence-corrected chi connectivity index (χ0v) is 16.3. The fraction of sp³-hybridized carbons (Fsp3) is 0.562. The Kier molecular flexibility index (Phi) is 12.8. The normalized spacial score (nSPS) is 10.9. The van der Waals surface area contributed by atoms with Crippen LogP contribution in [0.15, 0.2) is 35.2 Å². The Balaban J connectivity index is 0.00000400. The van der Waals surface area contributed by atoms with Gasteiger partial charge in [0.05, 0.1) is 0 Å². The van der Waals surface area contributed by atoms with Crippen LogP contribution in [-0.2, 0) is 6.42 Å². The third-order valence-corrected chi connectivity index (χ3v) is 4.15. The topological polar surface area (TPSA) is 27.6 Å². The number of aliphatic imine (C=N–C) groups is 1. The summed E-state index contributed by atoms with van der Waals surface area (Å²) in [5.41, 5.74) is 0. The van der Waals surface area contributed by atoms with Crippen LogP contribution < -0.4 is 5.32 Å². The van der Waals surface area contributed by atoms with E-state index in [4.69, 9.17) is 0 Å². The molecule has 0 aliphatic rings. The first-order valence-electron chi connectivity index (χ1n) is 7.33. The molecule has 0 aliphatic carbocycles. The molecule has 1 aromatic rings. The molecule has 5 heteroatoms. The Morgan fingerprint density at radius 2 is 2.24 bits per heavy atom. The lowest BCUT2D eigenvalue weighted by Crippen LogP contribution is -2.40. The van der Waals surface area contributed by atoms with Gasteiger partial charge in [-0.2, -0.15) is 0 Å². The molecule has 1 N–H and O–H groups in total. The Hall–Kier alpha value is -0.560. The molecular formula is C16H28IN3S. The lowest BCUT2D eigenvalue weighted by atomic mass is 10.2. The van der Waals surface area contributed by atoms with Crippen LogP contribution in [-0.4, -0.2) is 38.0 Å². The van der Waals surface area contributed by atoms with E-state index in [9.17, 15) is 0 Å². The maximum atomic E-state index is 4.34. The second kappa shape index (κ2) is 13.1. The van der Waals surface area contributed by atoms with Crippen LogP contribution in [0, 0.1) is 0 Å². The van der Waals surface area contributed by atoms with Crippen molar-refractivity contribution < 1.29 is 0 Å². The van der Waals surface area contributed by atoms with Gasteiger partial charge in [-0.3, -0.25) is 4.99 Å². The van der Waals surface area contributed by atoms with E-state index in [1.54, 1.807) is 0 Å². The summed E-state index contributed by atoms with van der Waals surface area (Å²) in [5.74, 6) is 0.991. The van der Waals surface area contributed by atoms with Gasteiger partial charge in [0.25, 0.3) is 0 Å². The predicted molar refractivity (Wildman–Crippen MR) is 106 cm³/mol. The Morgan fingerprint density at radius 1 is 1.43 bits per heavy atom. The second-order valence-corrected chi connectivity index (χ2v) is 5.90. The van der Waals surface area contributed by atoms with Crippen LogP contribution in [0.4, 0.5) is 0 Å². The number of rotatable bonds is 9. The van der Waals surface area contributed by atoms with E-state index in [-0.39, 0.29) is 24.0 Å². The average Bonchev–Trinajstić information content (AvgIpc) is 2.96. The number of halogens is 1. The molecular weight excluding hydrogens is 393 g/mol. The van der Waals surface area contributed by atoms with Crippen molar-refractivity contribution in [2.45, 2.75) is 32.1 Å². The van der Waals surface area contributed by atoms with E-state index in [1.807, 2.05) is 24.5 Å². The smallest absolute Gasteiger partial charge is 0.193 e. The van der Waals surface area contributed by atoms with Crippen LogP contribution in [0.1, 0.15) is 30.6 Å². The zero-order chi connectivity index (χ0) is 14.6. The number of thiophene rings is 1. The highest BCUT2D eigenvalue weighted by Crippen LogP contribution is 2.08. The monoisotopic (exact) mass is 421 g/mol. The molecule has 1 rings (SSSR count). The summed E-state index contributed by atoms with van der Waals surface area (Å²) in [4.78, 5) is 7.97. The van der Waals surface area contributed by atoms with Crippen molar-refractivity contribution in [2.24, 2.45) is 4.99 Å². The van der Waals surface area contributed by atoms with Gasteiger partial charge in [0.2, 0.25) is 0 Å². The molecule has 0 aromatic carbocycles. The molecule has 0 atom stereocenters. The first kappa shape index (κ1) is 20.4. The molecule has 3 nitrogen and oxygen atoms in total. The number of allylic oxidation sites excluding steroid dienone is 1. The third kappa shape index (κ3) is 9.14. The molecule has 0 saturated carbocycles. The fourth-order valence-corrected chi connectivity index (χ4v) is 2.77. The quantitative estimate of drug-likeness (QED) is 0.213. The van der Waals surface area contributed by atoms with Crippen molar-refractivity contribution in [3.8, 4) is 0 Å². The van der Waals surface area contributed by atoms with Crippen molar-refractivity contribution in [2.75, 3.05) is 27.2 Å². The third-order valence-electron chi connectivity index (χ3n) is 3.21. The molecule has 0 bridgehead atoms. The summed E-state index contributed by atoms with van der Waals surface area (Å²) in [6.45, 7) is 5.74. The summed E-state index contributed by atoms with van der Waals surface area (Å²) < 4.78 is 0. The number of nitrogens with one attached hydrogen (secondary N) is 1. The molecule has 0 saturated heterocycles. The molecule has 0 aliphatic heterocycles. The lowest BCUT2D eigenvalue weighted by Gasteiger charge is -2.22. The minimum absolute atomic E-state index is 0. The highest BCUT2D eigenvalue weighted by atomic mass is 127. The van der Waals surface area contributed by atoms with E-state index in [2.05, 4.69) is 46.3 Å². The Bertz CT molecular complexity index is 390. The summed E-state index contributed by atoms with van der Waals surface area (Å²) in [5, 5.41) is 5.55. The fourth-order valence-electron chi connectivity index (χ4n) is 2.06. The van der Waals surface area contributed by atoms with Crippen molar-refractivity contribution in [3.63, 3.8) is 0 Å². The van der Waals surface area contributed by atoms with Crippen LogP contribution in [0.2, 0.25) is 0 Å². The van der Waals surface area contributed by atoms with Gasteiger partial charge in [0.15, 0.2) is 5.96 Å². The van der Waals surface area contributed by atoms with Gasteiger partial charge in [-0.25, -0.2) is 0 Å². The van der Waals surface area contributed by atoms with Gasteiger partial charge in [-0.15, -0.1) is 41.9 Å². The maximum Gasteiger partial charge on any atom is 0.193 e. The summed E-state index contributed by atoms with van der Waals surface area (Å²) >= 11 is 1.81. The highest BCUT2D eigenvalue weighted by Gasteiger charge is 2.04. The predicted octanol–water partition coefficient (Wildman–Crippen LogP) is 4.16. The largest absolute Gasteiger partial charge is 0.356 e. The lowest BCUT2D eigenvalue weighted by molar-refractivity contribution is 0.456. The standard InChI is InChI=1S/C16H27N3S.HI/c1-4-5-6-7-8-13-19(3)16(17-2)18-12-11-15-10-9-14-20-15;/h4,9-10,14H,1,5-8,11-13H2,2-3H3,(H,17,18);1H. The molecule has 0 amide bonds. The van der Waals surface area contributed by atoms with E-state index in [0.717, 1.165) is 31.9 Å². The van der Waals surface area contributed by atoms with E-state index in [1.165, 1.54) is 24.1 Å². The molecule has 0 spiro atoms. The van der Waals surface area contributed by atoms with Crippen molar-refractivity contribution in [3.05, 3.63) is 35.0 Å². The second-order valence-electron chi connectivity index (χ2n) is 4.86. The minimum atomic E-state index is 0. The summed E-state index contributed by atoms with van der Waals surface area (Å²) in [6, 6.07) is 4.28. The van der Waals surface area contributed by atoms with Crippen LogP contribution in [0.5, 0.6) is 0 Å². The van der Waals surface area contributed by atoms with Gasteiger partial charge >= 0.3 is 0 Å². The van der Waals surface area contributed by atoms with Gasteiger partial charge in [0, 0.05) is 32.1 Å². The Labute approximate surface area is 150 Å². The number of unbranched alkanes of at least 4 members (excludes halogenated alkanes) is 3. The highest BCUT2D eigenvalue weighted by molar-refractivity contribution is 14.0. The molecule has 0 fully saturated rings. The molecule has 1 heterocycles. The van der Waals surface area contributed by atoms with Gasteiger partial charge in [0.1, 0.15) is 0 Å². The van der Waals surface area contributed by atoms with Crippen LogP contribution in [0.25, 0.3) is 0 Å². The van der Waals surface area contributed by atoms with Crippen molar-refractivity contribution in [1.29, 1.82) is 0 Å². The van der Waals surface area contributed by atoms with Gasteiger partial charge in [-0.1, -0.05) is 18.6 Å². The first-order valence-corrected chi connectivity index (χ1v) is 8.21. The van der Waals surface area contributed by atoms with Crippen LogP contribution in [0.3, 0.4) is 0 Å². The van der Waals surface area contributed by atoms with Crippen molar-refractivity contribution in [1.82, 2.24) is 10.2 Å². The SMILES string of the molecule is C=CCCCCCN(C)C(=NC)NCCc1cccs1.I. The van der Waals surface area contributed by atoms with Crippen molar-refractivity contribution >= 4 is 41.3 Å². The summed E-state index contributed by atoms with van der Waals surface area (Å²) in [6.07, 6.45) is 7.87. The Morgan fingerprint density at radius 3 is 2.86 bits per heavy atom. The first-order chi connectivity index (χ1) is 9.77. The number of nitrogens with zero attached hydrogens (tertiary/aromatic N) is 2. The van der Waals surface area contributed by atoms with Gasteiger partial charge in [-0.05, 0) is 37.1 Å². The molecule has 120 valence electrons. The number of hydrogen-bond acceptors (Lipinski definition) is 2. The van der Waals surface area contributed by atoms with Crippen LogP contribution >= 0.6 is 35.3 Å². The number of hydrogen-bond donors (Lipinski definition) is 1. The zero-order valence-electron chi connectivity index (χ0n) is 13.2. The van der Waals surface area contributed by atoms with E-state index in [0.29, 0.717) is 0 Å². The molecule has 0 unspecified atom stereocenters. The minimum Gasteiger partial charge on any atom is -0.356 e. The average molecular weight is 421 g/mol. The maximum absolute atomic E-state index is 4.34. The van der Waals surface area contributed by atoms with E-state index >= 15 is 0 Å². The van der Waals surface area contributed by atoms with Gasteiger partial charge < -0.3 is 10.2 Å². The molecule has 1 aromatic heterocycles. The number of guanidine groups is 1. The molecule has 0 radical (unpaired) electrons. The molecule has 21 heavy (non-hydrogen) atoms. The van der Waals surface area contributed by atoms with E-state index < -0.39 is 0 Å². The summed E-state index contributed by atoms with van der Waals surface area (Å²) in [7, 11) is 3.95.